The van der Waals surface area contributed by atoms with Gasteiger partial charge in [-0.15, -0.1) is 0 Å². The fraction of sp³-hybridized carbons (Fsp3) is 0.107. The van der Waals surface area contributed by atoms with Gasteiger partial charge in [-0.2, -0.15) is 5.10 Å². The van der Waals surface area contributed by atoms with Gasteiger partial charge in [0.1, 0.15) is 18.2 Å². The van der Waals surface area contributed by atoms with Crippen LogP contribution in [0.1, 0.15) is 11.1 Å². The van der Waals surface area contributed by atoms with Crippen LogP contribution in [0.5, 0.6) is 11.6 Å². The first-order valence-electron chi connectivity index (χ1n) is 11.2. The molecule has 5 rings (SSSR count). The molecule has 0 spiro atoms. The average Bonchev–Trinajstić information content (AvgIpc) is 2.91. The maximum atomic E-state index is 14.9. The fourth-order valence-electron chi connectivity index (χ4n) is 3.70. The molecule has 3 aromatic carbocycles. The molecule has 0 saturated carbocycles. The van der Waals surface area contributed by atoms with Gasteiger partial charge in [-0.1, -0.05) is 48.2 Å². The Hall–Kier alpha value is -4.17. The van der Waals surface area contributed by atoms with Crippen molar-refractivity contribution in [2.45, 2.75) is 22.9 Å². The molecule has 0 aliphatic heterocycles. The van der Waals surface area contributed by atoms with Gasteiger partial charge < -0.3 is 9.47 Å². The average molecular weight is 500 g/mol. The monoisotopic (exact) mass is 499 g/mol. The maximum absolute atomic E-state index is 14.9. The number of benzene rings is 3. The highest BCUT2D eigenvalue weighted by Gasteiger charge is 2.13. The first-order valence-corrected chi connectivity index (χ1v) is 12.0. The molecule has 36 heavy (non-hydrogen) atoms. The topological polar surface area (TPSA) is 66.2 Å². The lowest BCUT2D eigenvalue weighted by Gasteiger charge is -2.12. The van der Waals surface area contributed by atoms with E-state index in [2.05, 4.69) is 10.1 Å². The van der Waals surface area contributed by atoms with Crippen molar-refractivity contribution in [2.24, 2.45) is 0 Å². The van der Waals surface area contributed by atoms with E-state index in [0.717, 1.165) is 16.2 Å². The second-order valence-electron chi connectivity index (χ2n) is 8.00. The number of fused-ring (bicyclic) bond motifs is 1. The van der Waals surface area contributed by atoms with Crippen LogP contribution >= 0.6 is 11.8 Å². The molecule has 0 radical (unpaired) electrons. The Bertz CT molecular complexity index is 1560. The highest BCUT2D eigenvalue weighted by Crippen LogP contribution is 2.31. The van der Waals surface area contributed by atoms with Crippen molar-refractivity contribution >= 4 is 22.5 Å². The van der Waals surface area contributed by atoms with E-state index < -0.39 is 5.82 Å². The van der Waals surface area contributed by atoms with Crippen LogP contribution in [0, 0.1) is 5.82 Å². The van der Waals surface area contributed by atoms with Gasteiger partial charge in [0.05, 0.1) is 25.2 Å². The van der Waals surface area contributed by atoms with Crippen LogP contribution in [-0.4, -0.2) is 21.9 Å². The minimum absolute atomic E-state index is 0.142. The van der Waals surface area contributed by atoms with Crippen LogP contribution in [0.25, 0.3) is 10.8 Å². The number of halogens is 1. The second-order valence-corrected chi connectivity index (χ2v) is 9.11. The van der Waals surface area contributed by atoms with Crippen LogP contribution in [0.3, 0.4) is 0 Å². The largest absolute Gasteiger partial charge is 0.497 e. The summed E-state index contributed by atoms with van der Waals surface area (Å²) >= 11 is 1.31. The smallest absolute Gasteiger partial charge is 0.275 e. The third kappa shape index (κ3) is 5.23. The third-order valence-corrected chi connectivity index (χ3v) is 6.62. The van der Waals surface area contributed by atoms with Gasteiger partial charge >= 0.3 is 0 Å². The molecule has 2 heterocycles. The zero-order valence-electron chi connectivity index (χ0n) is 19.4. The molecule has 0 N–H and O–H groups in total. The fourth-order valence-corrected chi connectivity index (χ4v) is 4.59. The van der Waals surface area contributed by atoms with Crippen LogP contribution in [0.15, 0.2) is 106 Å². The van der Waals surface area contributed by atoms with E-state index in [1.165, 1.54) is 22.5 Å². The minimum Gasteiger partial charge on any atom is -0.497 e. The van der Waals surface area contributed by atoms with Crippen LogP contribution < -0.4 is 15.0 Å². The molecule has 0 fully saturated rings. The lowest BCUT2D eigenvalue weighted by molar-refractivity contribution is 0.289. The summed E-state index contributed by atoms with van der Waals surface area (Å²) in [4.78, 5) is 18.8. The molecule has 0 bridgehead atoms. The predicted octanol–water partition coefficient (Wildman–Crippen LogP) is 5.72. The van der Waals surface area contributed by atoms with E-state index in [1.54, 1.807) is 31.6 Å². The van der Waals surface area contributed by atoms with Gasteiger partial charge in [-0.25, -0.2) is 14.1 Å². The maximum Gasteiger partial charge on any atom is 0.275 e. The first-order chi connectivity index (χ1) is 17.6. The Balaban J connectivity index is 1.38. The van der Waals surface area contributed by atoms with Gasteiger partial charge in [0, 0.05) is 26.9 Å². The molecule has 0 atom stereocenters. The summed E-state index contributed by atoms with van der Waals surface area (Å²) in [6, 6.07) is 23.6. The third-order valence-electron chi connectivity index (χ3n) is 5.58. The van der Waals surface area contributed by atoms with Crippen molar-refractivity contribution in [3.05, 3.63) is 119 Å². The van der Waals surface area contributed by atoms with Crippen LogP contribution in [-0.2, 0) is 13.2 Å². The summed E-state index contributed by atoms with van der Waals surface area (Å²) in [5.74, 6) is 0.722. The Morgan fingerprint density at radius 1 is 1.00 bits per heavy atom. The quantitative estimate of drug-likeness (QED) is 0.272. The number of hydrogen-bond donors (Lipinski definition) is 0. The molecular formula is C28H22FN3O3S. The Morgan fingerprint density at radius 3 is 2.58 bits per heavy atom. The Kier molecular flexibility index (Phi) is 6.95. The summed E-state index contributed by atoms with van der Waals surface area (Å²) in [5.41, 5.74) is 1.26. The lowest BCUT2D eigenvalue weighted by Crippen LogP contribution is -2.24. The van der Waals surface area contributed by atoms with Gasteiger partial charge in [0.2, 0.25) is 5.88 Å². The number of pyridine rings is 1. The van der Waals surface area contributed by atoms with Gasteiger partial charge in [-0.05, 0) is 48.0 Å². The van der Waals surface area contributed by atoms with E-state index >= 15 is 0 Å². The van der Waals surface area contributed by atoms with Crippen molar-refractivity contribution < 1.29 is 13.9 Å². The number of ether oxygens (including phenoxy) is 2. The molecule has 0 unspecified atom stereocenters. The van der Waals surface area contributed by atoms with Crippen molar-refractivity contribution in [3.63, 3.8) is 0 Å². The molecule has 2 aromatic heterocycles. The number of methoxy groups -OCH3 is 1. The van der Waals surface area contributed by atoms with E-state index in [0.29, 0.717) is 28.3 Å². The van der Waals surface area contributed by atoms with Crippen molar-refractivity contribution in [3.8, 4) is 11.6 Å². The Labute approximate surface area is 211 Å². The van der Waals surface area contributed by atoms with E-state index in [1.807, 2.05) is 60.7 Å². The molecule has 8 heteroatoms. The number of nitrogens with zero attached hydrogens (tertiary/aromatic N) is 3. The van der Waals surface area contributed by atoms with Crippen LogP contribution in [0.2, 0.25) is 0 Å². The second kappa shape index (κ2) is 10.6. The van der Waals surface area contributed by atoms with Crippen molar-refractivity contribution in [1.29, 1.82) is 0 Å². The number of aromatic nitrogens is 3. The zero-order chi connectivity index (χ0) is 24.9. The molecule has 180 valence electrons. The highest BCUT2D eigenvalue weighted by molar-refractivity contribution is 7.99. The van der Waals surface area contributed by atoms with E-state index in [4.69, 9.17) is 9.47 Å². The number of hydrogen-bond acceptors (Lipinski definition) is 6. The lowest BCUT2D eigenvalue weighted by atomic mass is 10.2. The normalized spacial score (nSPS) is 10.9. The Morgan fingerprint density at radius 2 is 1.81 bits per heavy atom. The molecular weight excluding hydrogens is 477 g/mol. The molecule has 0 aliphatic rings. The summed E-state index contributed by atoms with van der Waals surface area (Å²) in [7, 11) is 1.62. The summed E-state index contributed by atoms with van der Waals surface area (Å²) in [5, 5.41) is 5.18. The number of rotatable bonds is 8. The van der Waals surface area contributed by atoms with E-state index in [-0.39, 0.29) is 17.5 Å². The summed E-state index contributed by atoms with van der Waals surface area (Å²) < 4.78 is 27.3. The van der Waals surface area contributed by atoms with Crippen LogP contribution in [0.4, 0.5) is 4.39 Å². The standard InChI is InChI=1S/C28H22FN3O3S/c1-34-22-11-9-19(10-12-22)18-35-27-20(6-5-13-30-27)17-32-28(33)24-15-25(29)26(14-21(24)16-31-32)36-23-7-3-2-4-8-23/h2-16H,17-18H2,1H3. The summed E-state index contributed by atoms with van der Waals surface area (Å²) in [6.45, 7) is 0.448. The molecule has 0 amide bonds. The SMILES string of the molecule is COc1ccc(COc2ncccc2Cn2ncc3cc(Sc4ccccc4)c(F)cc3c2=O)cc1. The highest BCUT2D eigenvalue weighted by atomic mass is 32.2. The zero-order valence-corrected chi connectivity index (χ0v) is 20.2. The first kappa shape index (κ1) is 23.6. The molecule has 6 nitrogen and oxygen atoms in total. The van der Waals surface area contributed by atoms with Gasteiger partial charge in [0.15, 0.2) is 0 Å². The van der Waals surface area contributed by atoms with Crippen molar-refractivity contribution in [2.75, 3.05) is 7.11 Å². The summed E-state index contributed by atoms with van der Waals surface area (Å²) in [6.07, 6.45) is 3.21. The molecule has 0 saturated heterocycles. The van der Waals surface area contributed by atoms with Gasteiger partial charge in [-0.3, -0.25) is 4.79 Å². The predicted molar refractivity (Wildman–Crippen MR) is 137 cm³/mol. The van der Waals surface area contributed by atoms with Crippen molar-refractivity contribution in [1.82, 2.24) is 14.8 Å². The molecule has 5 aromatic rings. The van der Waals surface area contributed by atoms with E-state index in [9.17, 15) is 9.18 Å². The van der Waals surface area contributed by atoms with Gasteiger partial charge in [0.25, 0.3) is 5.56 Å². The minimum atomic E-state index is -0.448. The molecule has 0 aliphatic carbocycles.